The molecule has 0 aliphatic carbocycles. The minimum absolute atomic E-state index is 0.00225. The number of nitrogens with one attached hydrogen (secondary N) is 2. The Bertz CT molecular complexity index is 407. The Labute approximate surface area is 106 Å². The van der Waals surface area contributed by atoms with Crippen molar-refractivity contribution >= 4 is 11.9 Å². The Morgan fingerprint density at radius 2 is 2.17 bits per heavy atom. The van der Waals surface area contributed by atoms with Gasteiger partial charge < -0.3 is 15.4 Å². The van der Waals surface area contributed by atoms with Crippen LogP contribution in [0.15, 0.2) is 12.4 Å². The second kappa shape index (κ2) is 5.77. The van der Waals surface area contributed by atoms with Crippen molar-refractivity contribution in [2.45, 2.75) is 31.9 Å². The summed E-state index contributed by atoms with van der Waals surface area (Å²) in [5.74, 6) is 0.593. The van der Waals surface area contributed by atoms with Crippen LogP contribution in [0.3, 0.4) is 0 Å². The van der Waals surface area contributed by atoms with Gasteiger partial charge in [0.15, 0.2) is 0 Å². The van der Waals surface area contributed by atoms with Gasteiger partial charge in [0.05, 0.1) is 6.10 Å². The van der Waals surface area contributed by atoms with E-state index in [-0.39, 0.29) is 18.1 Å². The highest BCUT2D eigenvalue weighted by atomic mass is 16.5. The maximum Gasteiger partial charge on any atom is 0.222 e. The van der Waals surface area contributed by atoms with E-state index in [0.29, 0.717) is 12.6 Å². The summed E-state index contributed by atoms with van der Waals surface area (Å²) < 4.78 is 5.70. The summed E-state index contributed by atoms with van der Waals surface area (Å²) in [6.07, 6.45) is 5.11. The van der Waals surface area contributed by atoms with E-state index in [4.69, 9.17) is 4.74 Å². The van der Waals surface area contributed by atoms with Gasteiger partial charge in [0.2, 0.25) is 11.9 Å². The minimum Gasteiger partial charge on any atom is -0.373 e. The van der Waals surface area contributed by atoms with Gasteiger partial charge in [0, 0.05) is 44.6 Å². The first-order valence-electron chi connectivity index (χ1n) is 6.07. The van der Waals surface area contributed by atoms with E-state index in [1.807, 2.05) is 0 Å². The van der Waals surface area contributed by atoms with E-state index >= 15 is 0 Å². The van der Waals surface area contributed by atoms with Gasteiger partial charge in [-0.1, -0.05) is 0 Å². The zero-order valence-corrected chi connectivity index (χ0v) is 10.6. The van der Waals surface area contributed by atoms with Crippen molar-refractivity contribution in [1.29, 1.82) is 0 Å². The van der Waals surface area contributed by atoms with Crippen molar-refractivity contribution < 1.29 is 9.53 Å². The number of ether oxygens (including phenoxy) is 1. The van der Waals surface area contributed by atoms with Gasteiger partial charge in [-0.05, 0) is 12.8 Å². The van der Waals surface area contributed by atoms with Gasteiger partial charge in [-0.2, -0.15) is 0 Å². The third-order valence-corrected chi connectivity index (χ3v) is 2.96. The van der Waals surface area contributed by atoms with E-state index in [1.165, 1.54) is 6.92 Å². The monoisotopic (exact) mass is 250 g/mol. The molecule has 6 nitrogen and oxygen atoms in total. The summed E-state index contributed by atoms with van der Waals surface area (Å²) in [5, 5.41) is 5.80. The van der Waals surface area contributed by atoms with Crippen molar-refractivity contribution in [3.8, 4) is 0 Å². The average molecular weight is 250 g/mol. The van der Waals surface area contributed by atoms with Crippen molar-refractivity contribution in [3.05, 3.63) is 18.0 Å². The van der Waals surface area contributed by atoms with E-state index < -0.39 is 0 Å². The van der Waals surface area contributed by atoms with Crippen LogP contribution >= 0.6 is 0 Å². The molecule has 0 spiro atoms. The van der Waals surface area contributed by atoms with Crippen LogP contribution in [0.25, 0.3) is 0 Å². The van der Waals surface area contributed by atoms with Crippen LogP contribution < -0.4 is 10.6 Å². The van der Waals surface area contributed by atoms with E-state index in [2.05, 4.69) is 20.6 Å². The molecule has 2 unspecified atom stereocenters. The van der Waals surface area contributed by atoms with Gasteiger partial charge in [0.25, 0.3) is 0 Å². The number of carbonyl (C=O) groups is 1. The van der Waals surface area contributed by atoms with Crippen LogP contribution in [0, 0.1) is 0 Å². The molecule has 0 saturated carbocycles. The van der Waals surface area contributed by atoms with Crippen LogP contribution in [-0.4, -0.2) is 35.6 Å². The molecule has 1 aliphatic heterocycles. The van der Waals surface area contributed by atoms with E-state index in [1.54, 1.807) is 19.4 Å². The molecule has 2 heterocycles. The lowest BCUT2D eigenvalue weighted by Gasteiger charge is -2.29. The smallest absolute Gasteiger partial charge is 0.222 e. The van der Waals surface area contributed by atoms with Gasteiger partial charge >= 0.3 is 0 Å². The molecule has 0 bridgehead atoms. The van der Waals surface area contributed by atoms with Crippen LogP contribution in [0.5, 0.6) is 0 Å². The fraction of sp³-hybridized carbons (Fsp3) is 0.583. The highest BCUT2D eigenvalue weighted by Gasteiger charge is 2.24. The van der Waals surface area contributed by atoms with Gasteiger partial charge in [0.1, 0.15) is 0 Å². The van der Waals surface area contributed by atoms with E-state index in [0.717, 1.165) is 18.4 Å². The molecule has 6 heteroatoms. The van der Waals surface area contributed by atoms with Gasteiger partial charge in [-0.15, -0.1) is 0 Å². The summed E-state index contributed by atoms with van der Waals surface area (Å²) in [7, 11) is 1.78. The Morgan fingerprint density at radius 3 is 2.78 bits per heavy atom. The van der Waals surface area contributed by atoms with Crippen molar-refractivity contribution in [2.24, 2.45) is 0 Å². The minimum atomic E-state index is -0.0403. The van der Waals surface area contributed by atoms with Crippen molar-refractivity contribution in [3.63, 3.8) is 0 Å². The second-order valence-electron chi connectivity index (χ2n) is 4.37. The molecule has 98 valence electrons. The molecule has 2 rings (SSSR count). The third-order valence-electron chi connectivity index (χ3n) is 2.96. The number of nitrogens with zero attached hydrogens (tertiary/aromatic N) is 2. The fourth-order valence-electron chi connectivity index (χ4n) is 2.08. The third kappa shape index (κ3) is 3.16. The first-order chi connectivity index (χ1) is 8.69. The molecular formula is C12H18N4O2. The summed E-state index contributed by atoms with van der Waals surface area (Å²) >= 11 is 0. The van der Waals surface area contributed by atoms with Crippen LogP contribution in [0.2, 0.25) is 0 Å². The molecule has 1 saturated heterocycles. The van der Waals surface area contributed by atoms with Crippen LogP contribution in [0.1, 0.15) is 31.4 Å². The molecule has 0 radical (unpaired) electrons. The summed E-state index contributed by atoms with van der Waals surface area (Å²) in [5.41, 5.74) is 0.948. The summed E-state index contributed by atoms with van der Waals surface area (Å²) in [6.45, 7) is 2.18. The molecular weight excluding hydrogens is 232 g/mol. The number of amides is 1. The molecule has 0 aromatic carbocycles. The topological polar surface area (TPSA) is 76.1 Å². The Kier molecular flexibility index (Phi) is 4.09. The zero-order chi connectivity index (χ0) is 13.0. The largest absolute Gasteiger partial charge is 0.373 e. The lowest BCUT2D eigenvalue weighted by Crippen LogP contribution is -2.38. The molecule has 1 aliphatic rings. The average Bonchev–Trinajstić information content (AvgIpc) is 2.38. The first-order valence-corrected chi connectivity index (χ1v) is 6.07. The normalized spacial score (nSPS) is 23.4. The quantitative estimate of drug-likeness (QED) is 0.832. The number of anilines is 1. The molecule has 1 aromatic heterocycles. The van der Waals surface area contributed by atoms with Gasteiger partial charge in [-0.25, -0.2) is 9.97 Å². The molecule has 1 fully saturated rings. The fourth-order valence-corrected chi connectivity index (χ4v) is 2.08. The predicted molar refractivity (Wildman–Crippen MR) is 67.1 cm³/mol. The Hall–Kier alpha value is -1.69. The molecule has 18 heavy (non-hydrogen) atoms. The maximum atomic E-state index is 11.1. The van der Waals surface area contributed by atoms with Crippen molar-refractivity contribution in [2.75, 3.05) is 19.0 Å². The highest BCUT2D eigenvalue weighted by molar-refractivity contribution is 5.73. The van der Waals surface area contributed by atoms with Crippen molar-refractivity contribution in [1.82, 2.24) is 15.3 Å². The Morgan fingerprint density at radius 1 is 1.44 bits per heavy atom. The summed E-state index contributed by atoms with van der Waals surface area (Å²) in [6, 6.07) is 0.172. The lowest BCUT2D eigenvalue weighted by atomic mass is 9.99. The SMILES string of the molecule is CNc1ncc(C2CC(NC(C)=O)CCO2)cn1. The number of rotatable bonds is 3. The van der Waals surface area contributed by atoms with Crippen LogP contribution in [0.4, 0.5) is 5.95 Å². The summed E-state index contributed by atoms with van der Waals surface area (Å²) in [4.78, 5) is 19.4. The first kappa shape index (κ1) is 12.8. The number of hydrogen-bond donors (Lipinski definition) is 2. The number of carbonyl (C=O) groups excluding carboxylic acids is 1. The number of hydrogen-bond acceptors (Lipinski definition) is 5. The second-order valence-corrected chi connectivity index (χ2v) is 4.37. The maximum absolute atomic E-state index is 11.1. The molecule has 1 aromatic rings. The lowest BCUT2D eigenvalue weighted by molar-refractivity contribution is -0.120. The van der Waals surface area contributed by atoms with E-state index in [9.17, 15) is 4.79 Å². The Balaban J connectivity index is 2.01. The number of aromatic nitrogens is 2. The standard InChI is InChI=1S/C12H18N4O2/c1-8(17)16-10-3-4-18-11(5-10)9-6-14-12(13-2)15-7-9/h6-7,10-11H,3-5H2,1-2H3,(H,16,17)(H,13,14,15). The highest BCUT2D eigenvalue weighted by Crippen LogP contribution is 2.27. The molecule has 2 atom stereocenters. The predicted octanol–water partition coefficient (Wildman–Crippen LogP) is 0.874. The molecule has 2 N–H and O–H groups in total. The zero-order valence-electron chi connectivity index (χ0n) is 10.6. The molecule has 1 amide bonds. The van der Waals surface area contributed by atoms with Gasteiger partial charge in [-0.3, -0.25) is 4.79 Å². The van der Waals surface area contributed by atoms with Crippen LogP contribution in [-0.2, 0) is 9.53 Å².